The Kier molecular flexibility index (Phi) is 13.5. The Hall–Kier alpha value is -1.59. The number of carbonyl (C=O) groups is 3. The van der Waals surface area contributed by atoms with E-state index in [1.54, 1.807) is 0 Å². The molecule has 33 heavy (non-hydrogen) atoms. The third-order valence-electron chi connectivity index (χ3n) is 7.08. The van der Waals surface area contributed by atoms with Crippen molar-refractivity contribution in [2.45, 2.75) is 148 Å². The smallest absolute Gasteiger partial charge is 0.328 e. The van der Waals surface area contributed by atoms with E-state index >= 15 is 0 Å². The molecule has 0 aromatic heterocycles. The molecule has 2 aliphatic rings. The maximum absolute atomic E-state index is 12.6. The fraction of sp³-hybridized carbons (Fsp3) is 0.889. The molecule has 1 N–H and O–H groups in total. The highest BCUT2D eigenvalue weighted by atomic mass is 16.6. The molecule has 1 amide bonds. The van der Waals surface area contributed by atoms with Gasteiger partial charge in [-0.15, -0.1) is 0 Å². The first-order valence-corrected chi connectivity index (χ1v) is 13.8. The van der Waals surface area contributed by atoms with Gasteiger partial charge in [-0.2, -0.15) is 0 Å². The molecule has 190 valence electrons. The molecular weight excluding hydrogens is 418 g/mol. The van der Waals surface area contributed by atoms with Crippen LogP contribution in [-0.4, -0.2) is 36.1 Å². The number of hydrogen-bond donors (Lipinski definition) is 1. The van der Waals surface area contributed by atoms with E-state index in [9.17, 15) is 14.4 Å². The average Bonchev–Trinajstić information content (AvgIpc) is 3.23. The van der Waals surface area contributed by atoms with Gasteiger partial charge in [0.05, 0.1) is 5.92 Å². The van der Waals surface area contributed by atoms with E-state index in [1.807, 2.05) is 0 Å². The van der Waals surface area contributed by atoms with E-state index < -0.39 is 6.04 Å². The summed E-state index contributed by atoms with van der Waals surface area (Å²) in [5.41, 5.74) is 0. The van der Waals surface area contributed by atoms with Crippen molar-refractivity contribution in [2.75, 3.05) is 0 Å². The number of unbranched alkanes of at least 4 members (excludes halogenated alkanes) is 11. The number of amides is 1. The SMILES string of the molecule is CCCCCCCCCCC[C@@H](C[C@@H]1OC(=O)[C@H]1CCCCCC)OC(=O)[C@H]1CCC(=O)N1. The molecule has 2 heterocycles. The molecule has 0 saturated carbocycles. The molecule has 4 atom stereocenters. The summed E-state index contributed by atoms with van der Waals surface area (Å²) in [6.45, 7) is 4.42. The zero-order chi connectivity index (χ0) is 23.9. The second-order valence-corrected chi connectivity index (χ2v) is 10.0. The Morgan fingerprint density at radius 1 is 0.939 bits per heavy atom. The lowest BCUT2D eigenvalue weighted by molar-refractivity contribution is -0.190. The lowest BCUT2D eigenvalue weighted by Crippen LogP contribution is -2.47. The Balaban J connectivity index is 1.76. The molecule has 0 spiro atoms. The summed E-state index contributed by atoms with van der Waals surface area (Å²) in [7, 11) is 0. The molecule has 0 unspecified atom stereocenters. The van der Waals surface area contributed by atoms with Crippen LogP contribution < -0.4 is 5.32 Å². The Bertz CT molecular complexity index is 593. The lowest BCUT2D eigenvalue weighted by Gasteiger charge is -2.37. The average molecular weight is 466 g/mol. The van der Waals surface area contributed by atoms with Crippen LogP contribution in [0, 0.1) is 5.92 Å². The van der Waals surface area contributed by atoms with Crippen LogP contribution >= 0.6 is 0 Å². The van der Waals surface area contributed by atoms with Crippen molar-refractivity contribution in [3.63, 3.8) is 0 Å². The molecule has 0 aromatic carbocycles. The minimum atomic E-state index is -0.531. The summed E-state index contributed by atoms with van der Waals surface area (Å²) in [6, 6.07) is -0.531. The van der Waals surface area contributed by atoms with Crippen molar-refractivity contribution < 1.29 is 23.9 Å². The van der Waals surface area contributed by atoms with Gasteiger partial charge in [-0.3, -0.25) is 9.59 Å². The largest absolute Gasteiger partial charge is 0.461 e. The number of esters is 2. The summed E-state index contributed by atoms with van der Waals surface area (Å²) >= 11 is 0. The van der Waals surface area contributed by atoms with Crippen LogP contribution in [0.1, 0.15) is 129 Å². The van der Waals surface area contributed by atoms with Crippen LogP contribution in [0.2, 0.25) is 0 Å². The highest BCUT2D eigenvalue weighted by molar-refractivity contribution is 5.88. The molecule has 2 rings (SSSR count). The van der Waals surface area contributed by atoms with Gasteiger partial charge in [0, 0.05) is 12.8 Å². The lowest BCUT2D eigenvalue weighted by atomic mass is 9.86. The standard InChI is InChI=1S/C27H47NO5/c1-3-5-7-9-10-11-12-13-14-16-21(32-27(31)23-18-19-25(29)28-23)20-24-22(26(30)33-24)17-15-8-6-4-2/h21-24H,3-20H2,1-2H3,(H,28,29)/t21-,22-,23+,24-/m0/s1. The van der Waals surface area contributed by atoms with E-state index in [4.69, 9.17) is 9.47 Å². The van der Waals surface area contributed by atoms with Crippen LogP contribution in [0.15, 0.2) is 0 Å². The van der Waals surface area contributed by atoms with Gasteiger partial charge in [0.1, 0.15) is 18.2 Å². The van der Waals surface area contributed by atoms with E-state index in [-0.39, 0.29) is 36.0 Å². The maximum Gasteiger partial charge on any atom is 0.328 e. The fourth-order valence-electron chi connectivity index (χ4n) is 4.91. The molecule has 6 nitrogen and oxygen atoms in total. The molecule has 0 aromatic rings. The van der Waals surface area contributed by atoms with Gasteiger partial charge in [-0.25, -0.2) is 4.79 Å². The van der Waals surface area contributed by atoms with Gasteiger partial charge in [-0.1, -0.05) is 90.9 Å². The normalized spacial score (nSPS) is 23.0. The number of hydrogen-bond acceptors (Lipinski definition) is 5. The predicted molar refractivity (Wildman–Crippen MR) is 130 cm³/mol. The van der Waals surface area contributed by atoms with Crippen LogP contribution in [0.3, 0.4) is 0 Å². The number of nitrogens with one attached hydrogen (secondary N) is 1. The summed E-state index contributed by atoms with van der Waals surface area (Å²) in [4.78, 5) is 36.1. The molecule has 0 aliphatic carbocycles. The molecule has 2 saturated heterocycles. The highest BCUT2D eigenvalue weighted by Gasteiger charge is 2.43. The number of carbonyl (C=O) groups excluding carboxylic acids is 3. The molecular formula is C27H47NO5. The maximum atomic E-state index is 12.6. The molecule has 2 aliphatic heterocycles. The number of ether oxygens (including phenoxy) is 2. The molecule has 6 heteroatoms. The zero-order valence-corrected chi connectivity index (χ0v) is 21.1. The summed E-state index contributed by atoms with van der Waals surface area (Å²) < 4.78 is 11.3. The molecule has 0 bridgehead atoms. The van der Waals surface area contributed by atoms with Crippen molar-refractivity contribution in [1.29, 1.82) is 0 Å². The minimum Gasteiger partial charge on any atom is -0.461 e. The monoisotopic (exact) mass is 465 g/mol. The van der Waals surface area contributed by atoms with Crippen molar-refractivity contribution in [1.82, 2.24) is 5.32 Å². The van der Waals surface area contributed by atoms with E-state index in [0.717, 1.165) is 38.5 Å². The minimum absolute atomic E-state index is 0.0580. The van der Waals surface area contributed by atoms with Gasteiger partial charge >= 0.3 is 11.9 Å². The summed E-state index contributed by atoms with van der Waals surface area (Å²) in [6.07, 6.45) is 18.5. The van der Waals surface area contributed by atoms with Gasteiger partial charge in [0.2, 0.25) is 5.91 Å². The summed E-state index contributed by atoms with van der Waals surface area (Å²) in [5.74, 6) is -0.593. The van der Waals surface area contributed by atoms with Crippen molar-refractivity contribution in [3.8, 4) is 0 Å². The molecule has 2 fully saturated rings. The van der Waals surface area contributed by atoms with Gasteiger partial charge in [0.15, 0.2) is 0 Å². The Morgan fingerprint density at radius 2 is 1.55 bits per heavy atom. The first-order chi connectivity index (χ1) is 16.0. The van der Waals surface area contributed by atoms with Crippen molar-refractivity contribution in [3.05, 3.63) is 0 Å². The Morgan fingerprint density at radius 3 is 2.12 bits per heavy atom. The first kappa shape index (κ1) is 27.7. The van der Waals surface area contributed by atoms with Crippen LogP contribution in [0.4, 0.5) is 0 Å². The quantitative estimate of drug-likeness (QED) is 0.187. The van der Waals surface area contributed by atoms with Crippen LogP contribution in [0.25, 0.3) is 0 Å². The van der Waals surface area contributed by atoms with Crippen LogP contribution in [-0.2, 0) is 23.9 Å². The predicted octanol–water partition coefficient (Wildman–Crippen LogP) is 6.00. The van der Waals surface area contributed by atoms with Crippen molar-refractivity contribution >= 4 is 17.8 Å². The van der Waals surface area contributed by atoms with E-state index in [0.29, 0.717) is 19.3 Å². The summed E-state index contributed by atoms with van der Waals surface area (Å²) in [5, 5.41) is 2.70. The van der Waals surface area contributed by atoms with Crippen molar-refractivity contribution in [2.24, 2.45) is 5.92 Å². The zero-order valence-electron chi connectivity index (χ0n) is 21.1. The van der Waals surface area contributed by atoms with Crippen LogP contribution in [0.5, 0.6) is 0 Å². The third-order valence-corrected chi connectivity index (χ3v) is 7.08. The number of rotatable bonds is 19. The second-order valence-electron chi connectivity index (χ2n) is 10.0. The van der Waals surface area contributed by atoms with Gasteiger partial charge in [0.25, 0.3) is 0 Å². The van der Waals surface area contributed by atoms with E-state index in [1.165, 1.54) is 57.8 Å². The van der Waals surface area contributed by atoms with Gasteiger partial charge in [-0.05, 0) is 25.7 Å². The fourth-order valence-corrected chi connectivity index (χ4v) is 4.91. The highest BCUT2D eigenvalue weighted by Crippen LogP contribution is 2.32. The Labute approximate surface area is 200 Å². The second kappa shape index (κ2) is 16.1. The third kappa shape index (κ3) is 10.5. The van der Waals surface area contributed by atoms with E-state index in [2.05, 4.69) is 19.2 Å². The van der Waals surface area contributed by atoms with Gasteiger partial charge < -0.3 is 14.8 Å². The first-order valence-electron chi connectivity index (χ1n) is 13.8. The number of cyclic esters (lactones) is 1. The molecule has 0 radical (unpaired) electrons. The topological polar surface area (TPSA) is 81.7 Å².